The van der Waals surface area contributed by atoms with E-state index < -0.39 is 56.9 Å². The monoisotopic (exact) mass is 456 g/mol. The summed E-state index contributed by atoms with van der Waals surface area (Å²) in [6, 6.07) is 1.84. The van der Waals surface area contributed by atoms with Crippen LogP contribution in [-0.2, 0) is 18.6 Å². The van der Waals surface area contributed by atoms with Crippen molar-refractivity contribution in [1.82, 2.24) is 0 Å². The third-order valence-electron chi connectivity index (χ3n) is 3.61. The van der Waals surface area contributed by atoms with Gasteiger partial charge in [-0.1, -0.05) is 0 Å². The van der Waals surface area contributed by atoms with Crippen LogP contribution in [0, 0.1) is 0 Å². The van der Waals surface area contributed by atoms with Crippen LogP contribution in [0.25, 0.3) is 0 Å². The number of aliphatic carboxylic acids is 1. The minimum absolute atomic E-state index is 0.164. The number of phosphoric acid groups is 1. The van der Waals surface area contributed by atoms with E-state index in [4.69, 9.17) is 25.4 Å². The number of carboxylic acid groups (broad SMARTS) is 2. The van der Waals surface area contributed by atoms with Crippen molar-refractivity contribution in [2.45, 2.75) is 30.6 Å². The van der Waals surface area contributed by atoms with Gasteiger partial charge in [0.1, 0.15) is 18.2 Å². The molecular weight excluding hydrogens is 435 g/mol. The largest absolute Gasteiger partial charge is 0.545 e. The molecule has 1 saturated heterocycles. The van der Waals surface area contributed by atoms with Gasteiger partial charge in [-0.15, -0.1) is 0 Å². The van der Waals surface area contributed by atoms with E-state index in [0.717, 1.165) is 6.20 Å². The Hall–Kier alpha value is -1.61. The first-order chi connectivity index (χ1) is 13.4. The summed E-state index contributed by atoms with van der Waals surface area (Å²) in [7, 11) is -4.74. The Labute approximate surface area is 170 Å². The number of aromatic carboxylic acids is 1. The van der Waals surface area contributed by atoms with Gasteiger partial charge < -0.3 is 45.5 Å². The van der Waals surface area contributed by atoms with Gasteiger partial charge in [0.05, 0.1) is 18.1 Å². The normalized spacial score (nSPS) is 25.0. The summed E-state index contributed by atoms with van der Waals surface area (Å²) < 4.78 is 21.4. The molecule has 5 atom stereocenters. The van der Waals surface area contributed by atoms with Gasteiger partial charge in [-0.2, -0.15) is 17.2 Å². The van der Waals surface area contributed by atoms with E-state index in [1.807, 2.05) is 0 Å². The highest BCUT2D eigenvalue weighted by Crippen LogP contribution is 2.37. The van der Waals surface area contributed by atoms with Crippen molar-refractivity contribution in [1.29, 1.82) is 0 Å². The lowest BCUT2D eigenvalue weighted by Gasteiger charge is -2.13. The van der Waals surface area contributed by atoms with Gasteiger partial charge in [0.2, 0.25) is 0 Å². The lowest BCUT2D eigenvalue weighted by molar-refractivity contribution is -0.765. The lowest BCUT2D eigenvalue weighted by Crippen LogP contribution is -2.46. The number of aliphatic hydroxyl groups is 2. The molecule has 0 aromatic carbocycles. The predicted molar refractivity (Wildman–Crippen MR) is 94.4 cm³/mol. The van der Waals surface area contributed by atoms with Crippen molar-refractivity contribution in [2.24, 2.45) is 5.73 Å². The average Bonchev–Trinajstić information content (AvgIpc) is 2.94. The molecule has 1 aromatic heterocycles. The molecule has 13 nitrogen and oxygen atoms in total. The maximum atomic E-state index is 10.8. The minimum atomic E-state index is -4.74. The number of phosphoric ester groups is 1. The summed E-state index contributed by atoms with van der Waals surface area (Å²) in [6.45, 7) is -0.639. The summed E-state index contributed by atoms with van der Waals surface area (Å²) in [5, 5.41) is 38.6. The Morgan fingerprint density at radius 2 is 2.00 bits per heavy atom. The SMILES string of the molecule is NC(CS)C(=O)O.O=C([O-])c1ccc[n+]([C@@H]2O[C@H](COP(=O)(O)O)[C@@H](O)[C@H]2O)c1. The van der Waals surface area contributed by atoms with E-state index in [1.165, 1.54) is 22.9 Å². The summed E-state index contributed by atoms with van der Waals surface area (Å²) in [5.41, 5.74) is 4.78. The summed E-state index contributed by atoms with van der Waals surface area (Å²) in [4.78, 5) is 37.8. The van der Waals surface area contributed by atoms with Crippen LogP contribution in [0.1, 0.15) is 16.6 Å². The van der Waals surface area contributed by atoms with Gasteiger partial charge >= 0.3 is 13.8 Å². The zero-order valence-corrected chi connectivity index (χ0v) is 16.5. The molecule has 1 fully saturated rings. The van der Waals surface area contributed by atoms with E-state index >= 15 is 0 Å². The van der Waals surface area contributed by atoms with Gasteiger partial charge in [-0.3, -0.25) is 9.32 Å². The number of aliphatic hydroxyl groups excluding tert-OH is 2. The first kappa shape index (κ1) is 25.4. The van der Waals surface area contributed by atoms with Crippen molar-refractivity contribution in [3.05, 3.63) is 30.1 Å². The molecule has 7 N–H and O–H groups in total. The fourth-order valence-electron chi connectivity index (χ4n) is 2.13. The molecule has 1 unspecified atom stereocenters. The first-order valence-electron chi connectivity index (χ1n) is 7.90. The van der Waals surface area contributed by atoms with Gasteiger partial charge in [-0.25, -0.2) is 4.57 Å². The molecule has 0 aliphatic carbocycles. The Morgan fingerprint density at radius 1 is 1.38 bits per heavy atom. The molecule has 0 spiro atoms. The Kier molecular flexibility index (Phi) is 9.61. The number of carbonyl (C=O) groups is 2. The zero-order chi connectivity index (χ0) is 22.4. The van der Waals surface area contributed by atoms with Crippen molar-refractivity contribution in [3.63, 3.8) is 0 Å². The first-order valence-corrected chi connectivity index (χ1v) is 10.1. The van der Waals surface area contributed by atoms with E-state index in [-0.39, 0.29) is 11.3 Å². The highest BCUT2D eigenvalue weighted by atomic mass is 32.1. The van der Waals surface area contributed by atoms with Crippen molar-refractivity contribution in [2.75, 3.05) is 12.4 Å². The van der Waals surface area contributed by atoms with E-state index in [2.05, 4.69) is 17.2 Å². The van der Waals surface area contributed by atoms with Crippen LogP contribution in [0.2, 0.25) is 0 Å². The van der Waals surface area contributed by atoms with Crippen LogP contribution >= 0.6 is 20.5 Å². The molecule has 2 heterocycles. The minimum Gasteiger partial charge on any atom is -0.545 e. The molecule has 0 saturated carbocycles. The van der Waals surface area contributed by atoms with E-state index in [0.29, 0.717) is 0 Å². The lowest BCUT2D eigenvalue weighted by atomic mass is 10.1. The van der Waals surface area contributed by atoms with E-state index in [9.17, 15) is 29.5 Å². The van der Waals surface area contributed by atoms with Gasteiger partial charge in [0, 0.05) is 11.8 Å². The number of aromatic nitrogens is 1. The second-order valence-electron chi connectivity index (χ2n) is 5.79. The number of ether oxygens (including phenoxy) is 1. The molecular formula is C14H21N2O11PS. The van der Waals surface area contributed by atoms with Crippen LogP contribution < -0.4 is 15.4 Å². The quantitative estimate of drug-likeness (QED) is 0.120. The topological polar surface area (TPSA) is 224 Å². The zero-order valence-electron chi connectivity index (χ0n) is 14.7. The van der Waals surface area contributed by atoms with Crippen LogP contribution in [0.4, 0.5) is 0 Å². The number of hydrogen-bond acceptors (Lipinski definition) is 10. The summed E-state index contributed by atoms with van der Waals surface area (Å²) in [5.74, 6) is -2.24. The molecule has 1 aliphatic heterocycles. The summed E-state index contributed by atoms with van der Waals surface area (Å²) in [6.07, 6.45) is -2.68. The third kappa shape index (κ3) is 7.97. The van der Waals surface area contributed by atoms with Gasteiger partial charge in [-0.05, 0) is 6.07 Å². The number of carbonyl (C=O) groups excluding carboxylic acids is 1. The molecule has 1 aliphatic rings. The van der Waals surface area contributed by atoms with Gasteiger partial charge in [0.15, 0.2) is 18.5 Å². The summed E-state index contributed by atoms with van der Waals surface area (Å²) >= 11 is 3.65. The van der Waals surface area contributed by atoms with Crippen molar-refractivity contribution < 1.29 is 58.2 Å². The Bertz CT molecular complexity index is 761. The number of thiol groups is 1. The van der Waals surface area contributed by atoms with Crippen molar-refractivity contribution in [3.8, 4) is 0 Å². The van der Waals surface area contributed by atoms with Gasteiger partial charge in [0.25, 0.3) is 6.23 Å². The maximum absolute atomic E-state index is 10.8. The Morgan fingerprint density at radius 3 is 2.45 bits per heavy atom. The fourth-order valence-corrected chi connectivity index (χ4v) is 2.63. The molecule has 164 valence electrons. The molecule has 0 bridgehead atoms. The van der Waals surface area contributed by atoms with Crippen LogP contribution in [0.15, 0.2) is 24.5 Å². The second kappa shape index (κ2) is 11.0. The average molecular weight is 456 g/mol. The predicted octanol–water partition coefficient (Wildman–Crippen LogP) is -3.61. The van der Waals surface area contributed by atoms with Crippen LogP contribution in [0.5, 0.6) is 0 Å². The number of nitrogens with zero attached hydrogens (tertiary/aromatic N) is 1. The molecule has 0 radical (unpaired) electrons. The number of nitrogens with two attached hydrogens (primary N) is 1. The highest BCUT2D eigenvalue weighted by molar-refractivity contribution is 7.80. The highest BCUT2D eigenvalue weighted by Gasteiger charge is 2.48. The third-order valence-corrected chi connectivity index (χ3v) is 4.49. The van der Waals surface area contributed by atoms with Crippen LogP contribution in [-0.4, -0.2) is 73.8 Å². The van der Waals surface area contributed by atoms with Crippen LogP contribution in [0.3, 0.4) is 0 Å². The smallest absolute Gasteiger partial charge is 0.469 e. The van der Waals surface area contributed by atoms with Crippen molar-refractivity contribution >= 4 is 32.4 Å². The number of pyridine rings is 1. The molecule has 1 aromatic rings. The fraction of sp³-hybridized carbons (Fsp3) is 0.500. The molecule has 0 amide bonds. The maximum Gasteiger partial charge on any atom is 0.469 e. The molecule has 15 heteroatoms. The van der Waals surface area contributed by atoms with E-state index in [1.54, 1.807) is 0 Å². The number of rotatable bonds is 7. The second-order valence-corrected chi connectivity index (χ2v) is 7.39. The Balaban J connectivity index is 0.000000516. The molecule has 2 rings (SSSR count). The number of carboxylic acids is 2. The standard InChI is InChI=1S/C11H14NO9P.C3H7NO2S/c13-8-7(5-20-22(17,18)19)21-10(9(8)14)12-3-1-2-6(4-12)11(15)16;4-2(1-7)3(5)6/h1-4,7-10,13-14H,5H2,(H2-,15,16,17,18,19);2,7H,1,4H2,(H,5,6)/t7-,8-,9-,10-;/m1./s1. The molecule has 29 heavy (non-hydrogen) atoms. The number of hydrogen-bond donors (Lipinski definition) is 7.